The number of alkyl halides is 1. The Bertz CT molecular complexity index is 4270. The first-order chi connectivity index (χ1) is 44.0. The fourth-order valence-corrected chi connectivity index (χ4v) is 10.1. The van der Waals surface area contributed by atoms with E-state index in [9.17, 15) is 44.1 Å². The maximum atomic E-state index is 13.0. The molecule has 0 spiro atoms. The van der Waals surface area contributed by atoms with Crippen LogP contribution in [0.2, 0.25) is 0 Å². The number of phenolic OH excluding ortho intramolecular Hbond substituents is 5. The number of halogens is 2. The summed E-state index contributed by atoms with van der Waals surface area (Å²) in [6.07, 6.45) is 5.43. The van der Waals surface area contributed by atoms with Crippen LogP contribution in [0.5, 0.6) is 40.2 Å². The third kappa shape index (κ3) is 15.1. The molecule has 0 amide bonds. The Balaban J connectivity index is 0.000000169. The lowest BCUT2D eigenvalue weighted by Crippen LogP contribution is -2.22. The average Bonchev–Trinajstić information content (AvgIpc) is 0.761. The minimum Gasteiger partial charge on any atom is -0.508 e. The summed E-state index contributed by atoms with van der Waals surface area (Å²) in [5.41, 5.74) is 23.0. The van der Waals surface area contributed by atoms with Crippen molar-refractivity contribution in [3.63, 3.8) is 0 Å². The largest absolute Gasteiger partial charge is 0.508 e. The zero-order valence-corrected chi connectivity index (χ0v) is 53.3. The van der Waals surface area contributed by atoms with Crippen molar-refractivity contribution < 1.29 is 59.0 Å². The molecule has 92 heavy (non-hydrogen) atoms. The van der Waals surface area contributed by atoms with Crippen LogP contribution in [0.4, 0.5) is 34.1 Å². The number of carbonyl (C=O) groups is 6. The van der Waals surface area contributed by atoms with Crippen molar-refractivity contribution in [1.29, 1.82) is 0 Å². The van der Waals surface area contributed by atoms with E-state index < -0.39 is 11.6 Å². The van der Waals surface area contributed by atoms with Crippen molar-refractivity contribution in [2.75, 3.05) is 71.9 Å². The highest BCUT2D eigenvalue weighted by Crippen LogP contribution is 2.44. The monoisotopic (exact) mass is 1360 g/mol. The topological polar surface area (TPSA) is 309 Å². The second-order valence-corrected chi connectivity index (χ2v) is 21.8. The molecule has 0 radical (unpaired) electrons. The highest BCUT2D eigenvalue weighted by Gasteiger charge is 2.37. The molecule has 9 aromatic carbocycles. The smallest absolute Gasteiger partial charge is 0.198 e. The molecule has 0 saturated heterocycles. The second kappa shape index (κ2) is 30.8. The Morgan fingerprint density at radius 2 is 0.804 bits per heavy atom. The fourth-order valence-electron chi connectivity index (χ4n) is 9.68. The van der Waals surface area contributed by atoms with Gasteiger partial charge in [-0.3, -0.25) is 28.8 Å². The number of ether oxygens (including phenoxy) is 1. The molecule has 468 valence electrons. The number of nitrogens with one attached hydrogen (secondary N) is 1. The van der Waals surface area contributed by atoms with Crippen LogP contribution in [0.3, 0.4) is 0 Å². The molecule has 0 heterocycles. The molecule has 9 aromatic rings. The predicted octanol–water partition coefficient (Wildman–Crippen LogP) is 13.4. The van der Waals surface area contributed by atoms with Gasteiger partial charge in [0.25, 0.3) is 0 Å². The highest BCUT2D eigenvalue weighted by molar-refractivity contribution is 9.10. The normalized spacial score (nSPS) is 11.6. The number of nitrogens with zero attached hydrogens (tertiary/aromatic N) is 2. The van der Waals surface area contributed by atoms with Crippen LogP contribution in [0.25, 0.3) is 0 Å². The van der Waals surface area contributed by atoms with E-state index in [0.717, 1.165) is 28.9 Å². The van der Waals surface area contributed by atoms with E-state index in [2.05, 4.69) is 56.9 Å². The summed E-state index contributed by atoms with van der Waals surface area (Å²) in [5.74, 6) is -1.91. The van der Waals surface area contributed by atoms with Crippen molar-refractivity contribution in [3.05, 3.63) is 279 Å². The van der Waals surface area contributed by atoms with E-state index in [-0.39, 0.29) is 113 Å². The van der Waals surface area contributed by atoms with Crippen molar-refractivity contribution in [2.24, 2.45) is 0 Å². The summed E-state index contributed by atoms with van der Waals surface area (Å²) in [5, 5.41) is 51.9. The molecule has 18 nitrogen and oxygen atoms in total. The van der Waals surface area contributed by atoms with Crippen LogP contribution in [0.1, 0.15) is 95.5 Å². The molecule has 0 atom stereocenters. The lowest BCUT2D eigenvalue weighted by molar-refractivity contribution is 0.0977. The number of hydrogen-bond donors (Lipinski definition) is 9. The van der Waals surface area contributed by atoms with Crippen molar-refractivity contribution >= 4 is 101 Å². The number of fused-ring (bicyclic) bond motifs is 6. The fraction of sp³-hybridized carbons (Fsp3) is 0.0833. The quantitative estimate of drug-likeness (QED) is 0.0266. The van der Waals surface area contributed by atoms with E-state index in [0.29, 0.717) is 45.0 Å². The van der Waals surface area contributed by atoms with Crippen LogP contribution < -0.4 is 37.1 Å². The van der Waals surface area contributed by atoms with Gasteiger partial charge in [-0.15, -0.1) is 19.7 Å². The van der Waals surface area contributed by atoms with Crippen molar-refractivity contribution in [3.8, 4) is 40.2 Å². The number of nitrogens with two attached hydrogens (primary N) is 3. The Labute approximate surface area is 547 Å². The Kier molecular flexibility index (Phi) is 22.9. The minimum absolute atomic E-state index is 0.00120. The molecule has 0 unspecified atom stereocenters. The number of allylic oxidation sites excluding steroid dienone is 1. The molecule has 12 N–H and O–H groups in total. The first-order valence-corrected chi connectivity index (χ1v) is 29.9. The van der Waals surface area contributed by atoms with Crippen LogP contribution in [-0.4, -0.2) is 99.8 Å². The Hall–Kier alpha value is -11.2. The third-order valence-electron chi connectivity index (χ3n) is 14.3. The summed E-state index contributed by atoms with van der Waals surface area (Å²) < 4.78 is 6.23. The molecule has 0 saturated carbocycles. The van der Waals surface area contributed by atoms with Crippen LogP contribution in [-0.2, 0) is 0 Å². The summed E-state index contributed by atoms with van der Waals surface area (Å²) in [4.78, 5) is 79.2. The zero-order chi connectivity index (χ0) is 67.1. The van der Waals surface area contributed by atoms with Crippen LogP contribution in [0, 0.1) is 0 Å². The number of carbonyl (C=O) groups excluding carboxylic acids is 6. The maximum absolute atomic E-state index is 13.0. The second-order valence-electron chi connectivity index (χ2n) is 20.3. The van der Waals surface area contributed by atoms with Gasteiger partial charge in [0, 0.05) is 106 Å². The van der Waals surface area contributed by atoms with Gasteiger partial charge in [-0.05, 0) is 107 Å². The first kappa shape index (κ1) is 68.3. The Morgan fingerprint density at radius 3 is 1.20 bits per heavy atom. The number of likely N-dealkylation sites (N-methyl/N-ethyl adjacent to an activating group) is 2. The average molecular weight is 1370 g/mol. The van der Waals surface area contributed by atoms with Gasteiger partial charge in [0.05, 0.1) is 44.8 Å². The first-order valence-electron chi connectivity index (χ1n) is 28.0. The summed E-state index contributed by atoms with van der Waals surface area (Å²) in [6, 6.07) is 46.1. The lowest BCUT2D eigenvalue weighted by Gasteiger charge is -2.22. The highest BCUT2D eigenvalue weighted by atomic mass is 79.9. The minimum atomic E-state index is -0.439. The molecular weight excluding hydrogens is 1300 g/mol. The molecular formula is C72H64Br2N6O12. The van der Waals surface area contributed by atoms with E-state index in [1.54, 1.807) is 121 Å². The summed E-state index contributed by atoms with van der Waals surface area (Å²) in [7, 11) is 5.76. The van der Waals surface area contributed by atoms with Gasteiger partial charge in [0.15, 0.2) is 40.4 Å². The summed E-state index contributed by atoms with van der Waals surface area (Å²) >= 11 is 6.29. The van der Waals surface area contributed by atoms with E-state index in [4.69, 9.17) is 32.2 Å². The van der Waals surface area contributed by atoms with Gasteiger partial charge in [-0.25, -0.2) is 0 Å². The van der Waals surface area contributed by atoms with Gasteiger partial charge < -0.3 is 62.6 Å². The lowest BCUT2D eigenvalue weighted by atomic mass is 9.82. The van der Waals surface area contributed by atoms with E-state index in [1.807, 2.05) is 73.4 Å². The van der Waals surface area contributed by atoms with E-state index >= 15 is 0 Å². The molecule has 0 aromatic heterocycles. The van der Waals surface area contributed by atoms with Crippen LogP contribution in [0.15, 0.2) is 212 Å². The number of hydrogen-bond acceptors (Lipinski definition) is 18. The van der Waals surface area contributed by atoms with Crippen molar-refractivity contribution in [1.82, 2.24) is 0 Å². The Morgan fingerprint density at radius 1 is 0.457 bits per heavy atom. The number of phenols is 5. The standard InChI is InChI=1S/C24H20N2O4.C14H8BrNO3.C14H9NO3.C10H13NO.C7H9NO.C3H5Br/c1-3-12-26(2)14-8-10-15(11-9-14)30-19-13-18(27)20-21(22(19)25)24(29)17-7-5-4-6-16(17)23(20)28;15-8-5-9(17)10-11(12(8)16)14(19)7-4-2-1-3-6(7)13(10)18;15-9-5-6-10(16)12-11(9)13(17)7-3-1-2-4-8(7)14(12)18;1-3-8-11(2)9-4-6-10(12)7-5-9;1-8-6-2-4-7(9)5-3-6;1-2-3-4/h3-11,13,27H,1,12,25H2,2H3;1-5,17H,16H2;1-6,16H,15H2;3-7,12H,1,8H2,2H3;2-5,8-9H,1H3;2H,1,3H2. The molecule has 0 aliphatic heterocycles. The predicted molar refractivity (Wildman–Crippen MR) is 368 cm³/mol. The molecule has 3 aliphatic carbocycles. The summed E-state index contributed by atoms with van der Waals surface area (Å²) in [6.45, 7) is 12.3. The number of rotatable bonds is 10. The van der Waals surface area contributed by atoms with Gasteiger partial charge >= 0.3 is 0 Å². The number of benzene rings is 9. The molecule has 0 bridgehead atoms. The molecule has 20 heteroatoms. The van der Waals surface area contributed by atoms with Gasteiger partial charge in [0.1, 0.15) is 34.5 Å². The van der Waals surface area contributed by atoms with Gasteiger partial charge in [-0.2, -0.15) is 0 Å². The van der Waals surface area contributed by atoms with Crippen LogP contribution >= 0.6 is 31.9 Å². The van der Waals surface area contributed by atoms with Crippen molar-refractivity contribution in [2.45, 2.75) is 0 Å². The maximum Gasteiger partial charge on any atom is 0.198 e. The SMILES string of the molecule is C=CCBr.C=CCN(C)c1ccc(O)cc1.C=CCN(C)c1ccc(Oc2cc(O)c3c(c2N)C(=O)c2ccccc2C3=O)cc1.CNc1ccc(O)cc1.Nc1c(Br)cc(O)c2c1C(=O)c1ccccc1C2=O.Nc1ccc(O)c2c1C(=O)c1ccccc1C2=O. The number of anilines is 6. The number of aromatic hydroxyl groups is 5. The van der Waals surface area contributed by atoms with Gasteiger partial charge in [0.2, 0.25) is 0 Å². The van der Waals surface area contributed by atoms with E-state index in [1.165, 1.54) is 24.3 Å². The zero-order valence-electron chi connectivity index (χ0n) is 50.1. The third-order valence-corrected chi connectivity index (χ3v) is 15.4. The number of nitrogen functional groups attached to an aromatic ring is 3. The number of ketones is 6. The molecule has 3 aliphatic rings. The molecule has 12 rings (SSSR count). The van der Waals surface area contributed by atoms with Gasteiger partial charge in [-0.1, -0.05) is 107 Å². The molecule has 0 fully saturated rings.